The minimum Gasteiger partial charge on any atom is -0.472 e. The molecule has 3 rings (SSSR count). The predicted molar refractivity (Wildman–Crippen MR) is 84.8 cm³/mol. The molecule has 0 aromatic carbocycles. The number of anilines is 1. The lowest BCUT2D eigenvalue weighted by atomic mass is 10.3. The van der Waals surface area contributed by atoms with Crippen LogP contribution in [0.4, 0.5) is 5.82 Å². The molecule has 130 valence electrons. The predicted octanol–water partition coefficient (Wildman–Crippen LogP) is -0.349. The number of nitrogens with zero attached hydrogens (tertiary/aromatic N) is 7. The fourth-order valence-electron chi connectivity index (χ4n) is 1.99. The van der Waals surface area contributed by atoms with Crippen LogP contribution in [-0.4, -0.2) is 56.4 Å². The lowest BCUT2D eigenvalue weighted by Gasteiger charge is -2.10. The molecule has 12 heteroatoms. The van der Waals surface area contributed by atoms with Crippen molar-refractivity contribution in [1.29, 1.82) is 0 Å². The first kappa shape index (κ1) is 16.3. The van der Waals surface area contributed by atoms with Gasteiger partial charge in [0.15, 0.2) is 5.69 Å². The van der Waals surface area contributed by atoms with Crippen LogP contribution >= 0.6 is 0 Å². The minimum absolute atomic E-state index is 0.0369. The van der Waals surface area contributed by atoms with E-state index >= 15 is 0 Å². The number of hydrazone groups is 1. The number of amides is 1. The zero-order valence-corrected chi connectivity index (χ0v) is 13.4. The Hall–Kier alpha value is -3.54. The number of hydrogen-bond acceptors (Lipinski definition) is 10. The Bertz CT molecular complexity index is 879. The second kappa shape index (κ2) is 6.92. The van der Waals surface area contributed by atoms with Gasteiger partial charge in [0.05, 0.1) is 24.4 Å². The van der Waals surface area contributed by atoms with Gasteiger partial charge in [-0.2, -0.15) is 9.78 Å². The Morgan fingerprint density at radius 3 is 2.96 bits per heavy atom. The van der Waals surface area contributed by atoms with E-state index in [1.54, 1.807) is 6.07 Å². The average Bonchev–Trinajstić information content (AvgIpc) is 3.28. The molecule has 3 N–H and O–H groups in total. The van der Waals surface area contributed by atoms with Gasteiger partial charge in [-0.1, -0.05) is 5.21 Å². The number of aromatic nitrogens is 5. The summed E-state index contributed by atoms with van der Waals surface area (Å²) in [6.07, 6.45) is 4.43. The molecule has 0 aliphatic heterocycles. The van der Waals surface area contributed by atoms with Gasteiger partial charge in [0.1, 0.15) is 0 Å². The van der Waals surface area contributed by atoms with Crippen LogP contribution in [0, 0.1) is 0 Å². The molecule has 0 saturated heterocycles. The Morgan fingerprint density at radius 1 is 1.48 bits per heavy atom. The van der Waals surface area contributed by atoms with Gasteiger partial charge in [0, 0.05) is 12.1 Å². The highest BCUT2D eigenvalue weighted by Crippen LogP contribution is 2.16. The summed E-state index contributed by atoms with van der Waals surface area (Å²) in [5.41, 5.74) is 9.33. The number of rotatable bonds is 6. The maximum atomic E-state index is 12.4. The van der Waals surface area contributed by atoms with Crippen molar-refractivity contribution in [2.24, 2.45) is 5.10 Å². The molecule has 0 spiro atoms. The van der Waals surface area contributed by atoms with Gasteiger partial charge in [-0.05, 0) is 30.5 Å². The van der Waals surface area contributed by atoms with Crippen LogP contribution in [0.25, 0.3) is 5.82 Å². The topological polar surface area (TPSA) is 153 Å². The van der Waals surface area contributed by atoms with E-state index in [0.29, 0.717) is 17.8 Å². The standard InChI is InChI=1S/C13H15N9O3/c1-21(2)6-9-10(13(23)17-15-5-8-3-4-24-7-8)16-20-22(9)12-11(14)18-25-19-12/h3-5,7H,6H2,1-2H3,(H2,14,18)(H,17,23). The largest absolute Gasteiger partial charge is 0.472 e. The molecule has 25 heavy (non-hydrogen) atoms. The lowest BCUT2D eigenvalue weighted by molar-refractivity contribution is 0.0948. The van der Waals surface area contributed by atoms with E-state index in [1.165, 1.54) is 23.4 Å². The van der Waals surface area contributed by atoms with Gasteiger partial charge < -0.3 is 15.1 Å². The van der Waals surface area contributed by atoms with Crippen LogP contribution in [0.5, 0.6) is 0 Å². The molecule has 0 saturated carbocycles. The Labute approximate surface area is 141 Å². The summed E-state index contributed by atoms with van der Waals surface area (Å²) < 4.78 is 10.8. The third-order valence-corrected chi connectivity index (χ3v) is 3.06. The SMILES string of the molecule is CN(C)Cc1c(C(=O)NN=Cc2ccoc2)nnn1-c1nonc1N. The van der Waals surface area contributed by atoms with Gasteiger partial charge in [-0.3, -0.25) is 4.79 Å². The maximum absolute atomic E-state index is 12.4. The first-order valence-corrected chi connectivity index (χ1v) is 7.09. The number of carbonyl (C=O) groups excluding carboxylic acids is 1. The summed E-state index contributed by atoms with van der Waals surface area (Å²) in [5, 5.41) is 18.9. The van der Waals surface area contributed by atoms with Crippen LogP contribution in [0.3, 0.4) is 0 Å². The number of hydrogen-bond donors (Lipinski definition) is 2. The number of furan rings is 1. The maximum Gasteiger partial charge on any atom is 0.293 e. The molecular weight excluding hydrogens is 330 g/mol. The lowest BCUT2D eigenvalue weighted by Crippen LogP contribution is -2.23. The quantitative estimate of drug-likeness (QED) is 0.450. The van der Waals surface area contributed by atoms with E-state index in [9.17, 15) is 4.79 Å². The van der Waals surface area contributed by atoms with E-state index in [4.69, 9.17) is 10.2 Å². The summed E-state index contributed by atoms with van der Waals surface area (Å²) in [5.74, 6) is -0.335. The second-order valence-electron chi connectivity index (χ2n) is 5.26. The number of nitrogens with two attached hydrogens (primary N) is 1. The number of carbonyl (C=O) groups is 1. The van der Waals surface area contributed by atoms with Crippen LogP contribution in [0.2, 0.25) is 0 Å². The number of nitrogen functional groups attached to an aromatic ring is 1. The monoisotopic (exact) mass is 345 g/mol. The Balaban J connectivity index is 1.86. The molecule has 3 heterocycles. The highest BCUT2D eigenvalue weighted by molar-refractivity contribution is 5.94. The summed E-state index contributed by atoms with van der Waals surface area (Å²) in [6, 6.07) is 1.70. The van der Waals surface area contributed by atoms with E-state index in [-0.39, 0.29) is 17.3 Å². The second-order valence-corrected chi connectivity index (χ2v) is 5.26. The van der Waals surface area contributed by atoms with E-state index in [0.717, 1.165) is 0 Å². The molecule has 0 fully saturated rings. The highest BCUT2D eigenvalue weighted by Gasteiger charge is 2.24. The zero-order valence-electron chi connectivity index (χ0n) is 13.4. The van der Waals surface area contributed by atoms with Gasteiger partial charge in [-0.25, -0.2) is 10.1 Å². The van der Waals surface area contributed by atoms with Crippen molar-refractivity contribution in [3.05, 3.63) is 35.5 Å². The molecule has 0 atom stereocenters. The average molecular weight is 345 g/mol. The fourth-order valence-corrected chi connectivity index (χ4v) is 1.99. The summed E-state index contributed by atoms with van der Waals surface area (Å²) in [7, 11) is 3.67. The molecule has 0 unspecified atom stereocenters. The van der Waals surface area contributed by atoms with Crippen molar-refractivity contribution in [2.45, 2.75) is 6.54 Å². The fraction of sp³-hybridized carbons (Fsp3) is 0.231. The van der Waals surface area contributed by atoms with Crippen molar-refractivity contribution in [1.82, 2.24) is 35.6 Å². The normalized spacial score (nSPS) is 11.5. The zero-order chi connectivity index (χ0) is 17.8. The van der Waals surface area contributed by atoms with Gasteiger partial charge in [-0.15, -0.1) is 5.10 Å². The Morgan fingerprint density at radius 2 is 2.32 bits per heavy atom. The van der Waals surface area contributed by atoms with E-state index in [1.807, 2.05) is 19.0 Å². The van der Waals surface area contributed by atoms with Crippen molar-refractivity contribution >= 4 is 17.9 Å². The van der Waals surface area contributed by atoms with Gasteiger partial charge in [0.2, 0.25) is 11.6 Å². The van der Waals surface area contributed by atoms with Crippen molar-refractivity contribution in [2.75, 3.05) is 19.8 Å². The Kier molecular flexibility index (Phi) is 4.52. The third kappa shape index (κ3) is 3.53. The van der Waals surface area contributed by atoms with Crippen LogP contribution in [0.1, 0.15) is 21.7 Å². The first-order valence-electron chi connectivity index (χ1n) is 7.09. The third-order valence-electron chi connectivity index (χ3n) is 3.06. The number of nitrogens with one attached hydrogen (secondary N) is 1. The van der Waals surface area contributed by atoms with Crippen LogP contribution in [0.15, 0.2) is 32.7 Å². The molecule has 0 aliphatic rings. The van der Waals surface area contributed by atoms with E-state index in [2.05, 4.69) is 35.8 Å². The smallest absolute Gasteiger partial charge is 0.293 e. The minimum atomic E-state index is -0.530. The first-order chi connectivity index (χ1) is 12.1. The molecule has 3 aromatic rings. The summed E-state index contributed by atoms with van der Waals surface area (Å²) >= 11 is 0. The van der Waals surface area contributed by atoms with Crippen molar-refractivity contribution in [3.8, 4) is 5.82 Å². The molecule has 3 aromatic heterocycles. The van der Waals surface area contributed by atoms with Crippen LogP contribution in [-0.2, 0) is 6.54 Å². The molecule has 1 amide bonds. The summed E-state index contributed by atoms with van der Waals surface area (Å²) in [4.78, 5) is 14.2. The highest BCUT2D eigenvalue weighted by atomic mass is 16.6. The van der Waals surface area contributed by atoms with Crippen molar-refractivity contribution in [3.63, 3.8) is 0 Å². The molecule has 0 bridgehead atoms. The van der Waals surface area contributed by atoms with Crippen molar-refractivity contribution < 1.29 is 13.8 Å². The van der Waals surface area contributed by atoms with E-state index < -0.39 is 5.91 Å². The van der Waals surface area contributed by atoms with Crippen LogP contribution < -0.4 is 11.2 Å². The summed E-state index contributed by atoms with van der Waals surface area (Å²) in [6.45, 7) is 0.355. The molecular formula is C13H15N9O3. The van der Waals surface area contributed by atoms with Gasteiger partial charge >= 0.3 is 0 Å². The molecule has 12 nitrogen and oxygen atoms in total. The van der Waals surface area contributed by atoms with Gasteiger partial charge in [0.25, 0.3) is 5.91 Å². The molecule has 0 radical (unpaired) electrons. The molecule has 0 aliphatic carbocycles.